The molecule has 2 amide bonds. The number of carbonyl (C=O) groups is 2. The summed E-state index contributed by atoms with van der Waals surface area (Å²) in [7, 11) is 1.48. The van der Waals surface area contributed by atoms with E-state index in [2.05, 4.69) is 5.32 Å². The molecule has 29 heavy (non-hydrogen) atoms. The molecule has 1 saturated heterocycles. The quantitative estimate of drug-likeness (QED) is 0.747. The van der Waals surface area contributed by atoms with Gasteiger partial charge in [0.2, 0.25) is 0 Å². The van der Waals surface area contributed by atoms with Gasteiger partial charge in [0.25, 0.3) is 11.8 Å². The highest BCUT2D eigenvalue weighted by atomic mass is 35.5. The lowest BCUT2D eigenvalue weighted by atomic mass is 10.1. The Bertz CT molecular complexity index is 868. The zero-order valence-electron chi connectivity index (χ0n) is 16.2. The average Bonchev–Trinajstić information content (AvgIpc) is 2.77. The number of hydrogen-bond acceptors (Lipinski definition) is 5. The summed E-state index contributed by atoms with van der Waals surface area (Å²) in [5, 5.41) is 3.42. The number of carbonyl (C=O) groups excluding carboxylic acids is 2. The van der Waals surface area contributed by atoms with Crippen molar-refractivity contribution in [2.24, 2.45) is 0 Å². The molecule has 3 rings (SSSR count). The molecular formula is C21H23ClN2O5. The lowest BCUT2D eigenvalue weighted by molar-refractivity contribution is -0.137. The fourth-order valence-corrected chi connectivity index (χ4v) is 3.09. The molecule has 1 aliphatic rings. The minimum atomic E-state index is -0.265. The molecule has 0 aliphatic carbocycles. The van der Waals surface area contributed by atoms with Gasteiger partial charge >= 0.3 is 0 Å². The van der Waals surface area contributed by atoms with Gasteiger partial charge in [-0.1, -0.05) is 29.8 Å². The third kappa shape index (κ3) is 5.62. The third-order valence-corrected chi connectivity index (χ3v) is 4.91. The van der Waals surface area contributed by atoms with E-state index in [0.29, 0.717) is 54.9 Å². The Morgan fingerprint density at radius 3 is 2.62 bits per heavy atom. The van der Waals surface area contributed by atoms with Gasteiger partial charge in [-0.25, -0.2) is 0 Å². The van der Waals surface area contributed by atoms with E-state index in [4.69, 9.17) is 25.8 Å². The molecule has 1 N–H and O–H groups in total. The highest BCUT2D eigenvalue weighted by Crippen LogP contribution is 2.28. The summed E-state index contributed by atoms with van der Waals surface area (Å²) in [4.78, 5) is 26.4. The second-order valence-electron chi connectivity index (χ2n) is 6.42. The van der Waals surface area contributed by atoms with E-state index in [0.717, 1.165) is 5.56 Å². The molecule has 0 radical (unpaired) electrons. The summed E-state index contributed by atoms with van der Waals surface area (Å²) in [6, 6.07) is 12.1. The van der Waals surface area contributed by atoms with Crippen LogP contribution in [0.15, 0.2) is 42.5 Å². The van der Waals surface area contributed by atoms with Crippen molar-refractivity contribution in [2.45, 2.75) is 6.54 Å². The molecule has 8 heteroatoms. The van der Waals surface area contributed by atoms with Gasteiger partial charge in [-0.3, -0.25) is 9.59 Å². The Morgan fingerprint density at radius 1 is 1.14 bits per heavy atom. The second-order valence-corrected chi connectivity index (χ2v) is 6.83. The first-order valence-electron chi connectivity index (χ1n) is 9.26. The Labute approximate surface area is 174 Å². The molecule has 0 saturated carbocycles. The van der Waals surface area contributed by atoms with Crippen LogP contribution in [-0.4, -0.2) is 56.7 Å². The van der Waals surface area contributed by atoms with Gasteiger partial charge in [0.05, 0.1) is 20.3 Å². The van der Waals surface area contributed by atoms with Crippen LogP contribution in [0.2, 0.25) is 5.02 Å². The number of halogens is 1. The zero-order valence-corrected chi connectivity index (χ0v) is 16.9. The van der Waals surface area contributed by atoms with Gasteiger partial charge in [-0.05, 0) is 29.8 Å². The van der Waals surface area contributed by atoms with Crippen LogP contribution in [-0.2, 0) is 16.1 Å². The van der Waals surface area contributed by atoms with Gasteiger partial charge in [-0.2, -0.15) is 0 Å². The Morgan fingerprint density at radius 2 is 1.90 bits per heavy atom. The third-order valence-electron chi connectivity index (χ3n) is 4.54. The maximum absolute atomic E-state index is 12.5. The van der Waals surface area contributed by atoms with Crippen LogP contribution in [0.5, 0.6) is 11.5 Å². The summed E-state index contributed by atoms with van der Waals surface area (Å²) in [5.74, 6) is 0.401. The van der Waals surface area contributed by atoms with Crippen molar-refractivity contribution >= 4 is 23.4 Å². The molecule has 0 atom stereocenters. The molecule has 154 valence electrons. The first-order chi connectivity index (χ1) is 14.1. The van der Waals surface area contributed by atoms with E-state index in [-0.39, 0.29) is 18.4 Å². The number of morpholine rings is 1. The highest BCUT2D eigenvalue weighted by Gasteiger charge is 2.18. The molecule has 2 aromatic rings. The second kappa shape index (κ2) is 10.1. The number of nitrogens with one attached hydrogen (secondary N) is 1. The lowest BCUT2D eigenvalue weighted by Crippen LogP contribution is -2.43. The molecule has 0 bridgehead atoms. The molecule has 0 aromatic heterocycles. The van der Waals surface area contributed by atoms with E-state index in [1.54, 1.807) is 29.2 Å². The predicted molar refractivity (Wildman–Crippen MR) is 109 cm³/mol. The van der Waals surface area contributed by atoms with Gasteiger partial charge in [-0.15, -0.1) is 0 Å². The summed E-state index contributed by atoms with van der Waals surface area (Å²) < 4.78 is 16.2. The number of methoxy groups -OCH3 is 1. The number of ether oxygens (including phenoxy) is 3. The van der Waals surface area contributed by atoms with Crippen molar-refractivity contribution in [3.63, 3.8) is 0 Å². The number of nitrogens with zero attached hydrogens (tertiary/aromatic N) is 1. The number of amides is 2. The van der Waals surface area contributed by atoms with E-state index >= 15 is 0 Å². The standard InChI is InChI=1S/C21H23ClN2O5/c1-27-19-12-15(21(26)23-13-16-4-2-3-5-17(16)22)6-7-18(19)29-14-20(25)24-8-10-28-11-9-24/h2-7,12H,8-11,13-14H2,1H3,(H,23,26). The largest absolute Gasteiger partial charge is 0.493 e. The Hall–Kier alpha value is -2.77. The van der Waals surface area contributed by atoms with Crippen LogP contribution in [0.1, 0.15) is 15.9 Å². The molecule has 2 aromatic carbocycles. The minimum Gasteiger partial charge on any atom is -0.493 e. The Balaban J connectivity index is 1.59. The van der Waals surface area contributed by atoms with Crippen LogP contribution in [0.25, 0.3) is 0 Å². The predicted octanol–water partition coefficient (Wildman–Crippen LogP) is 2.52. The smallest absolute Gasteiger partial charge is 0.260 e. The van der Waals surface area contributed by atoms with Crippen molar-refractivity contribution in [3.05, 3.63) is 58.6 Å². The topological polar surface area (TPSA) is 77.1 Å². The molecule has 1 aliphatic heterocycles. The number of hydrogen-bond donors (Lipinski definition) is 1. The summed E-state index contributed by atoms with van der Waals surface area (Å²) in [6.45, 7) is 2.40. The first-order valence-corrected chi connectivity index (χ1v) is 9.64. The lowest BCUT2D eigenvalue weighted by Gasteiger charge is -2.26. The van der Waals surface area contributed by atoms with Crippen LogP contribution >= 0.6 is 11.6 Å². The summed E-state index contributed by atoms with van der Waals surface area (Å²) in [5.41, 5.74) is 1.25. The molecule has 1 fully saturated rings. The first kappa shape index (κ1) is 21.0. The van der Waals surface area contributed by atoms with E-state index < -0.39 is 0 Å². The molecular weight excluding hydrogens is 396 g/mol. The van der Waals surface area contributed by atoms with E-state index in [1.807, 2.05) is 18.2 Å². The molecule has 7 nitrogen and oxygen atoms in total. The van der Waals surface area contributed by atoms with Crippen LogP contribution in [0.4, 0.5) is 0 Å². The monoisotopic (exact) mass is 418 g/mol. The minimum absolute atomic E-state index is 0.103. The van der Waals surface area contributed by atoms with Gasteiger partial charge < -0.3 is 24.4 Å². The van der Waals surface area contributed by atoms with Crippen molar-refractivity contribution in [1.82, 2.24) is 10.2 Å². The summed E-state index contributed by atoms with van der Waals surface area (Å²) in [6.07, 6.45) is 0. The normalized spacial score (nSPS) is 13.7. The van der Waals surface area contributed by atoms with E-state index in [9.17, 15) is 9.59 Å². The number of benzene rings is 2. The van der Waals surface area contributed by atoms with Crippen molar-refractivity contribution in [2.75, 3.05) is 40.0 Å². The Kier molecular flexibility index (Phi) is 7.32. The molecule has 0 spiro atoms. The maximum atomic E-state index is 12.5. The van der Waals surface area contributed by atoms with Crippen molar-refractivity contribution in [3.8, 4) is 11.5 Å². The van der Waals surface area contributed by atoms with Gasteiger partial charge in [0, 0.05) is 30.2 Å². The van der Waals surface area contributed by atoms with Crippen LogP contribution in [0, 0.1) is 0 Å². The number of rotatable bonds is 7. The summed E-state index contributed by atoms with van der Waals surface area (Å²) >= 11 is 6.11. The highest BCUT2D eigenvalue weighted by molar-refractivity contribution is 6.31. The van der Waals surface area contributed by atoms with Gasteiger partial charge in [0.15, 0.2) is 18.1 Å². The van der Waals surface area contributed by atoms with Crippen LogP contribution in [0.3, 0.4) is 0 Å². The molecule has 0 unspecified atom stereocenters. The fraction of sp³-hybridized carbons (Fsp3) is 0.333. The van der Waals surface area contributed by atoms with Crippen molar-refractivity contribution in [1.29, 1.82) is 0 Å². The van der Waals surface area contributed by atoms with Crippen molar-refractivity contribution < 1.29 is 23.8 Å². The SMILES string of the molecule is COc1cc(C(=O)NCc2ccccc2Cl)ccc1OCC(=O)N1CCOCC1. The zero-order chi connectivity index (χ0) is 20.6. The maximum Gasteiger partial charge on any atom is 0.260 e. The van der Waals surface area contributed by atoms with Gasteiger partial charge in [0.1, 0.15) is 0 Å². The average molecular weight is 419 g/mol. The fourth-order valence-electron chi connectivity index (χ4n) is 2.89. The van der Waals surface area contributed by atoms with Crippen LogP contribution < -0.4 is 14.8 Å². The molecule has 1 heterocycles. The van der Waals surface area contributed by atoms with E-state index in [1.165, 1.54) is 7.11 Å².